The minimum Gasteiger partial charge on any atom is -0.462 e. The van der Waals surface area contributed by atoms with Crippen molar-refractivity contribution in [3.8, 4) is 21.5 Å². The molecule has 17 nitrogen and oxygen atoms in total. The van der Waals surface area contributed by atoms with Crippen LogP contribution in [0.2, 0.25) is 0 Å². The molecule has 294 valence electrons. The molecule has 0 saturated carbocycles. The number of aliphatic hydroxyl groups is 1. The van der Waals surface area contributed by atoms with Crippen molar-refractivity contribution in [2.24, 2.45) is 5.73 Å². The van der Waals surface area contributed by atoms with E-state index in [0.29, 0.717) is 60.5 Å². The van der Waals surface area contributed by atoms with Gasteiger partial charge >= 0.3 is 11.9 Å². The minimum atomic E-state index is -0.406. The number of ether oxygens (including phenoxy) is 2. The van der Waals surface area contributed by atoms with Crippen molar-refractivity contribution in [1.29, 1.82) is 0 Å². The monoisotopic (exact) mass is 781 g/mol. The van der Waals surface area contributed by atoms with Crippen molar-refractivity contribution in [1.82, 2.24) is 20.6 Å². The van der Waals surface area contributed by atoms with E-state index < -0.39 is 5.97 Å². The second-order valence-electron chi connectivity index (χ2n) is 9.74. The van der Waals surface area contributed by atoms with Gasteiger partial charge in [-0.05, 0) is 52.2 Å². The summed E-state index contributed by atoms with van der Waals surface area (Å²) in [6.07, 6.45) is 7.38. The Bertz CT molecular complexity index is 1670. The second kappa shape index (κ2) is 26.6. The highest BCUT2D eigenvalue weighted by atomic mass is 32.1. The summed E-state index contributed by atoms with van der Waals surface area (Å²) >= 11 is 2.70. The van der Waals surface area contributed by atoms with Crippen molar-refractivity contribution in [3.63, 3.8) is 0 Å². The number of ketones is 1. The van der Waals surface area contributed by atoms with Gasteiger partial charge in [0.25, 0.3) is 0 Å². The molecule has 53 heavy (non-hydrogen) atoms. The number of anilines is 2. The first-order chi connectivity index (χ1) is 25.4. The molecule has 2 amide bonds. The molecule has 1 atom stereocenters. The van der Waals surface area contributed by atoms with Crippen molar-refractivity contribution in [2.75, 3.05) is 51.5 Å². The molecule has 1 unspecified atom stereocenters. The smallest absolute Gasteiger partial charge is 0.341 e. The maximum Gasteiger partial charge on any atom is 0.341 e. The number of nitrogens with one attached hydrogen (secondary N) is 3. The van der Waals surface area contributed by atoms with Crippen molar-refractivity contribution >= 4 is 62.7 Å². The number of nitrogens with two attached hydrogens (primary N) is 2. The molecular formula is C34H51N7O10S2. The van der Waals surface area contributed by atoms with Crippen LogP contribution in [0.4, 0.5) is 10.0 Å². The Morgan fingerprint density at radius 1 is 0.981 bits per heavy atom. The average Bonchev–Trinajstić information content (AvgIpc) is 4.01. The lowest BCUT2D eigenvalue weighted by atomic mass is 10.1. The van der Waals surface area contributed by atoms with E-state index in [4.69, 9.17) is 34.9 Å². The number of thiophene rings is 2. The van der Waals surface area contributed by atoms with Crippen LogP contribution in [0.1, 0.15) is 72.9 Å². The zero-order chi connectivity index (χ0) is 40.5. The number of carbonyl (C=O) groups excluding carboxylic acids is 5. The number of esters is 2. The number of amides is 2. The van der Waals surface area contributed by atoms with E-state index in [0.717, 1.165) is 33.0 Å². The van der Waals surface area contributed by atoms with Crippen LogP contribution >= 0.6 is 22.7 Å². The summed E-state index contributed by atoms with van der Waals surface area (Å²) in [5.74, 6) is 0.205. The van der Waals surface area contributed by atoms with Crippen LogP contribution < -0.4 is 27.4 Å². The number of carbonyl (C=O) groups is 5. The molecule has 19 heteroatoms. The van der Waals surface area contributed by atoms with Crippen molar-refractivity contribution in [2.45, 2.75) is 60.9 Å². The Morgan fingerprint density at radius 2 is 1.45 bits per heavy atom. The first-order valence-electron chi connectivity index (χ1n) is 16.4. The first-order valence-corrected chi connectivity index (χ1v) is 18.0. The van der Waals surface area contributed by atoms with Crippen molar-refractivity contribution in [3.05, 3.63) is 47.2 Å². The normalized spacial score (nSPS) is 12.1. The second-order valence-corrected chi connectivity index (χ2v) is 11.8. The van der Waals surface area contributed by atoms with Crippen LogP contribution in [0.3, 0.4) is 0 Å². The Labute approximate surface area is 316 Å². The summed E-state index contributed by atoms with van der Waals surface area (Å²) in [5, 5.41) is 16.2. The maximum atomic E-state index is 11.9. The minimum absolute atomic E-state index is 0.0324. The number of rotatable bonds is 10. The molecule has 4 aromatic heterocycles. The largest absolute Gasteiger partial charge is 0.462 e. The van der Waals surface area contributed by atoms with E-state index in [2.05, 4.69) is 25.9 Å². The van der Waals surface area contributed by atoms with Gasteiger partial charge in [0, 0.05) is 20.7 Å². The summed E-state index contributed by atoms with van der Waals surface area (Å²) in [4.78, 5) is 63.5. The summed E-state index contributed by atoms with van der Waals surface area (Å²) in [6.45, 7) is 14.2. The SMILES string of the molecule is CC.CC(=O)CN.CCOC(=O)c1c(N)sc(-c2ncco2)c1C.CCOC(=O)c1c(NC)sc(-c2ncco2)c1C.CO.O=CNC1CCNC1=O. The number of nitrogens with zero attached hydrogens (tertiary/aromatic N) is 2. The standard InChI is InChI=1S/C12H14N2O3S.C11H12N2O3S.C5H8N2O2.C3H7NO.C2H6.CH4O/c1-4-16-12(15)8-7(2)9(18-11(8)13-3)10-14-5-6-17-10;1-3-15-11(14)7-6(2)8(17-9(7)12)10-13-4-5-16-10;8-3-7-4-1-2-6-5(4)9;1-3(5)2-4;2*1-2/h5-6,13H,4H2,1-3H3;4-5H,3,12H2,1-2H3;3-4H,1-2H2,(H,6,9)(H,7,8);2,4H2,1H3;1-2H3;2H,1H3. The van der Waals surface area contributed by atoms with Gasteiger partial charge in [0.05, 0.1) is 53.0 Å². The average molecular weight is 782 g/mol. The number of aliphatic hydroxyl groups excluding tert-OH is 1. The lowest BCUT2D eigenvalue weighted by Crippen LogP contribution is -2.35. The molecule has 5 heterocycles. The van der Waals surface area contributed by atoms with Gasteiger partial charge in [0.1, 0.15) is 34.4 Å². The summed E-state index contributed by atoms with van der Waals surface area (Å²) in [7, 11) is 2.77. The van der Waals surface area contributed by atoms with Gasteiger partial charge < -0.3 is 50.8 Å². The van der Waals surface area contributed by atoms with E-state index in [1.807, 2.05) is 20.8 Å². The molecule has 0 spiro atoms. The third-order valence-corrected chi connectivity index (χ3v) is 8.77. The summed E-state index contributed by atoms with van der Waals surface area (Å²) in [5.41, 5.74) is 13.2. The number of hydrogen-bond donors (Lipinski definition) is 6. The third-order valence-electron chi connectivity index (χ3n) is 6.37. The van der Waals surface area contributed by atoms with Crippen LogP contribution in [-0.4, -0.2) is 91.6 Å². The van der Waals surface area contributed by atoms with Crippen molar-refractivity contribution < 1.29 is 47.4 Å². The quantitative estimate of drug-likeness (QED) is 0.0973. The van der Waals surface area contributed by atoms with Crippen LogP contribution in [0, 0.1) is 13.8 Å². The highest BCUT2D eigenvalue weighted by Gasteiger charge is 2.25. The Morgan fingerprint density at radius 3 is 1.83 bits per heavy atom. The molecule has 0 aromatic carbocycles. The van der Waals surface area contributed by atoms with Gasteiger partial charge in [-0.3, -0.25) is 14.4 Å². The fraction of sp³-hybridized carbons (Fsp3) is 0.441. The van der Waals surface area contributed by atoms with Crippen LogP contribution in [0.25, 0.3) is 21.5 Å². The highest BCUT2D eigenvalue weighted by Crippen LogP contribution is 2.39. The zero-order valence-corrected chi connectivity index (χ0v) is 33.1. The number of hydrogen-bond acceptors (Lipinski definition) is 17. The molecule has 5 rings (SSSR count). The number of oxazole rings is 2. The lowest BCUT2D eigenvalue weighted by Gasteiger charge is -2.03. The van der Waals surface area contributed by atoms with E-state index in [9.17, 15) is 24.0 Å². The van der Waals surface area contributed by atoms with E-state index in [-0.39, 0.29) is 30.2 Å². The fourth-order valence-electron chi connectivity index (χ4n) is 4.05. The predicted octanol–water partition coefficient (Wildman–Crippen LogP) is 4.19. The zero-order valence-electron chi connectivity index (χ0n) is 31.5. The number of nitrogen functional groups attached to an aromatic ring is 1. The van der Waals surface area contributed by atoms with Gasteiger partial charge in [0.2, 0.25) is 24.1 Å². The van der Waals surface area contributed by atoms with E-state index >= 15 is 0 Å². The summed E-state index contributed by atoms with van der Waals surface area (Å²) < 4.78 is 20.5. The molecule has 0 radical (unpaired) electrons. The van der Waals surface area contributed by atoms with Gasteiger partial charge in [-0.2, -0.15) is 0 Å². The van der Waals surface area contributed by atoms with Gasteiger partial charge in [-0.25, -0.2) is 19.6 Å². The number of Topliss-reactive ketones (excluding diaryl/α,β-unsaturated/α-hetero) is 1. The van der Waals surface area contributed by atoms with Gasteiger partial charge in [0.15, 0.2) is 0 Å². The Hall–Kier alpha value is -5.11. The maximum absolute atomic E-state index is 11.9. The molecule has 1 aliphatic heterocycles. The third kappa shape index (κ3) is 14.8. The molecule has 4 aromatic rings. The predicted molar refractivity (Wildman–Crippen MR) is 205 cm³/mol. The lowest BCUT2D eigenvalue weighted by molar-refractivity contribution is -0.123. The molecule has 0 aliphatic carbocycles. The van der Waals surface area contributed by atoms with Crippen LogP contribution in [0.15, 0.2) is 33.8 Å². The number of aromatic nitrogens is 2. The Kier molecular flexibility index (Phi) is 24.1. The summed E-state index contributed by atoms with van der Waals surface area (Å²) in [6, 6.07) is -0.289. The molecule has 1 fully saturated rings. The van der Waals surface area contributed by atoms with E-state index in [1.54, 1.807) is 40.2 Å². The molecule has 1 saturated heterocycles. The van der Waals surface area contributed by atoms with Crippen LogP contribution in [0.5, 0.6) is 0 Å². The van der Waals surface area contributed by atoms with Gasteiger partial charge in [-0.15, -0.1) is 22.7 Å². The highest BCUT2D eigenvalue weighted by molar-refractivity contribution is 7.20. The van der Waals surface area contributed by atoms with Crippen LogP contribution in [-0.2, 0) is 23.9 Å². The Balaban J connectivity index is 0.000000712. The fourth-order valence-corrected chi connectivity index (χ4v) is 6.14. The van der Waals surface area contributed by atoms with E-state index in [1.165, 1.54) is 42.1 Å². The topological polar surface area (TPSA) is 264 Å². The van der Waals surface area contributed by atoms with Gasteiger partial charge in [-0.1, -0.05) is 13.8 Å². The first kappa shape index (κ1) is 47.9. The molecule has 1 aliphatic rings. The molecule has 0 bridgehead atoms. The molecule has 8 N–H and O–H groups in total. The molecular weight excluding hydrogens is 731 g/mol.